The molecule has 1 amide bonds. The van der Waals surface area contributed by atoms with Gasteiger partial charge in [-0.3, -0.25) is 4.79 Å². The molecule has 2 aromatic rings. The van der Waals surface area contributed by atoms with E-state index < -0.39 is 0 Å². The fourth-order valence-corrected chi connectivity index (χ4v) is 4.32. The number of anilines is 1. The summed E-state index contributed by atoms with van der Waals surface area (Å²) in [5, 5.41) is 2.95. The molecule has 2 aromatic carbocycles. The minimum absolute atomic E-state index is 0.137. The Bertz CT molecular complexity index is 1090. The summed E-state index contributed by atoms with van der Waals surface area (Å²) >= 11 is 0. The van der Waals surface area contributed by atoms with E-state index in [0.29, 0.717) is 6.42 Å². The summed E-state index contributed by atoms with van der Waals surface area (Å²) in [7, 11) is 0. The van der Waals surface area contributed by atoms with Crippen LogP contribution in [0.1, 0.15) is 44.2 Å². The van der Waals surface area contributed by atoms with Gasteiger partial charge in [-0.2, -0.15) is 0 Å². The van der Waals surface area contributed by atoms with E-state index in [4.69, 9.17) is 19.9 Å². The minimum Gasteiger partial charge on any atom is -0.493 e. The van der Waals surface area contributed by atoms with Gasteiger partial charge >= 0.3 is 0 Å². The largest absolute Gasteiger partial charge is 0.493 e. The summed E-state index contributed by atoms with van der Waals surface area (Å²) in [6.07, 6.45) is 7.74. The van der Waals surface area contributed by atoms with Gasteiger partial charge in [0.25, 0.3) is 5.91 Å². The first-order valence-electron chi connectivity index (χ1n) is 12.4. The lowest BCUT2D eigenvalue weighted by molar-refractivity contribution is -0.121. The number of allylic oxidation sites excluding steroid dienone is 2. The van der Waals surface area contributed by atoms with Gasteiger partial charge < -0.3 is 30.2 Å². The lowest BCUT2D eigenvalue weighted by Crippen LogP contribution is -2.30. The molecule has 1 unspecified atom stereocenters. The van der Waals surface area contributed by atoms with Crippen molar-refractivity contribution in [3.05, 3.63) is 77.9 Å². The molecule has 0 bridgehead atoms. The molecule has 35 heavy (non-hydrogen) atoms. The van der Waals surface area contributed by atoms with Crippen molar-refractivity contribution in [2.24, 2.45) is 11.7 Å². The van der Waals surface area contributed by atoms with Crippen LogP contribution in [-0.2, 0) is 9.53 Å². The van der Waals surface area contributed by atoms with E-state index in [-0.39, 0.29) is 29.7 Å². The summed E-state index contributed by atoms with van der Waals surface area (Å²) in [5.74, 6) is 2.76. The number of nitrogens with zero attached hydrogens (tertiary/aromatic N) is 1. The lowest BCUT2D eigenvalue weighted by atomic mass is 10.1. The molecular formula is C28H33N3O4. The zero-order valence-electron chi connectivity index (χ0n) is 20.1. The van der Waals surface area contributed by atoms with E-state index in [1.54, 1.807) is 12.2 Å². The molecule has 7 nitrogen and oxygen atoms in total. The highest BCUT2D eigenvalue weighted by atomic mass is 16.5. The van der Waals surface area contributed by atoms with Crippen molar-refractivity contribution in [3.8, 4) is 11.5 Å². The van der Waals surface area contributed by atoms with E-state index in [1.807, 2.05) is 31.2 Å². The standard InChI is InChI=1S/C28H33N3O4/c1-19(30-28(32)26-3-2-4-27(29)35-26)21-7-11-24(12-8-21)34-25-15-16-31(17-25)22-9-13-23(14-10-22)33-18-20-5-6-20/h3-4,7-14,19-20,25H,2,5-6,15-18,29H2,1H3,(H,30,32)/t19-,25?/m0/s1. The zero-order valence-corrected chi connectivity index (χ0v) is 20.1. The number of rotatable bonds is 9. The number of ether oxygens (including phenoxy) is 3. The third-order valence-electron chi connectivity index (χ3n) is 6.63. The number of nitrogens with two attached hydrogens (primary N) is 1. The average Bonchev–Trinajstić information content (AvgIpc) is 3.60. The van der Waals surface area contributed by atoms with E-state index in [2.05, 4.69) is 34.5 Å². The number of benzene rings is 2. The quantitative estimate of drug-likeness (QED) is 0.559. The van der Waals surface area contributed by atoms with Gasteiger partial charge in [0.05, 0.1) is 19.2 Å². The molecule has 7 heteroatoms. The molecule has 0 radical (unpaired) electrons. The Morgan fingerprint density at radius 1 is 1.09 bits per heavy atom. The first-order valence-corrected chi connectivity index (χ1v) is 12.4. The molecule has 2 fully saturated rings. The number of nitrogens with one attached hydrogen (secondary N) is 1. The van der Waals surface area contributed by atoms with Crippen LogP contribution in [0.25, 0.3) is 0 Å². The smallest absolute Gasteiger partial charge is 0.287 e. The SMILES string of the molecule is C[C@H](NC(=O)C1=CCC=C(N)O1)c1ccc(OC2CCN(c3ccc(OCC4CC4)cc3)C2)cc1. The third-order valence-corrected chi connectivity index (χ3v) is 6.63. The molecule has 5 rings (SSSR count). The molecular weight excluding hydrogens is 442 g/mol. The van der Waals surface area contributed by atoms with Crippen LogP contribution >= 0.6 is 0 Å². The maximum atomic E-state index is 12.4. The van der Waals surface area contributed by atoms with Crippen LogP contribution in [0.15, 0.2) is 72.3 Å². The molecule has 184 valence electrons. The molecule has 2 heterocycles. The van der Waals surface area contributed by atoms with Crippen molar-refractivity contribution in [1.29, 1.82) is 0 Å². The van der Waals surface area contributed by atoms with Crippen molar-refractivity contribution in [2.45, 2.75) is 44.8 Å². The molecule has 2 aliphatic heterocycles. The Kier molecular flexibility index (Phi) is 6.84. The predicted octanol–water partition coefficient (Wildman–Crippen LogP) is 4.41. The van der Waals surface area contributed by atoms with Gasteiger partial charge in [0.15, 0.2) is 11.6 Å². The molecule has 3 aliphatic rings. The Morgan fingerprint density at radius 3 is 2.54 bits per heavy atom. The van der Waals surface area contributed by atoms with Crippen molar-refractivity contribution in [3.63, 3.8) is 0 Å². The number of carbonyl (C=O) groups is 1. The Hall–Kier alpha value is -3.61. The van der Waals surface area contributed by atoms with Gasteiger partial charge in [-0.15, -0.1) is 0 Å². The van der Waals surface area contributed by atoms with E-state index in [0.717, 1.165) is 49.1 Å². The highest BCUT2D eigenvalue weighted by molar-refractivity contribution is 5.92. The summed E-state index contributed by atoms with van der Waals surface area (Å²) < 4.78 is 17.4. The van der Waals surface area contributed by atoms with Crippen molar-refractivity contribution in [2.75, 3.05) is 24.6 Å². The van der Waals surface area contributed by atoms with Crippen molar-refractivity contribution < 1.29 is 19.0 Å². The highest BCUT2D eigenvalue weighted by Crippen LogP contribution is 2.30. The normalized spacial score (nSPS) is 20.4. The number of amides is 1. The molecule has 0 aromatic heterocycles. The average molecular weight is 476 g/mol. The summed E-state index contributed by atoms with van der Waals surface area (Å²) in [6.45, 7) is 4.59. The number of hydrogen-bond acceptors (Lipinski definition) is 6. The van der Waals surface area contributed by atoms with Crippen molar-refractivity contribution in [1.82, 2.24) is 5.32 Å². The maximum absolute atomic E-state index is 12.4. The summed E-state index contributed by atoms with van der Waals surface area (Å²) in [5.41, 5.74) is 7.84. The Labute approximate surface area is 206 Å². The van der Waals surface area contributed by atoms with Gasteiger partial charge in [0, 0.05) is 18.7 Å². The fraction of sp³-hybridized carbons (Fsp3) is 0.393. The second-order valence-electron chi connectivity index (χ2n) is 9.50. The van der Waals surface area contributed by atoms with E-state index >= 15 is 0 Å². The second-order valence-corrected chi connectivity index (χ2v) is 9.50. The topological polar surface area (TPSA) is 86.1 Å². The van der Waals surface area contributed by atoms with Gasteiger partial charge in [-0.1, -0.05) is 12.1 Å². The molecule has 2 atom stereocenters. The van der Waals surface area contributed by atoms with Gasteiger partial charge in [-0.25, -0.2) is 0 Å². The molecule has 1 saturated carbocycles. The number of hydrogen-bond donors (Lipinski definition) is 2. The van der Waals surface area contributed by atoms with Crippen LogP contribution in [-0.4, -0.2) is 31.7 Å². The minimum atomic E-state index is -0.276. The number of carbonyl (C=O) groups excluding carboxylic acids is 1. The second kappa shape index (κ2) is 10.3. The van der Waals surface area contributed by atoms with Crippen LogP contribution in [0.4, 0.5) is 5.69 Å². The van der Waals surface area contributed by atoms with Gasteiger partial charge in [0.1, 0.15) is 17.6 Å². The Balaban J connectivity index is 1.09. The van der Waals surface area contributed by atoms with Crippen molar-refractivity contribution >= 4 is 11.6 Å². The molecule has 0 spiro atoms. The summed E-state index contributed by atoms with van der Waals surface area (Å²) in [6, 6.07) is 16.1. The lowest BCUT2D eigenvalue weighted by Gasteiger charge is -2.20. The monoisotopic (exact) mass is 475 g/mol. The predicted molar refractivity (Wildman–Crippen MR) is 135 cm³/mol. The Morgan fingerprint density at radius 2 is 1.83 bits per heavy atom. The molecule has 3 N–H and O–H groups in total. The van der Waals surface area contributed by atoms with E-state index in [9.17, 15) is 4.79 Å². The van der Waals surface area contributed by atoms with Crippen LogP contribution in [0, 0.1) is 5.92 Å². The van der Waals surface area contributed by atoms with Gasteiger partial charge in [-0.05, 0) is 86.2 Å². The van der Waals surface area contributed by atoms with Gasteiger partial charge in [0.2, 0.25) is 0 Å². The fourth-order valence-electron chi connectivity index (χ4n) is 4.32. The first-order chi connectivity index (χ1) is 17.0. The third kappa shape index (κ3) is 6.10. The maximum Gasteiger partial charge on any atom is 0.287 e. The van der Waals surface area contributed by atoms with Crippen LogP contribution in [0.5, 0.6) is 11.5 Å². The van der Waals surface area contributed by atoms with Crippen LogP contribution < -0.4 is 25.4 Å². The zero-order chi connectivity index (χ0) is 24.2. The summed E-state index contributed by atoms with van der Waals surface area (Å²) in [4.78, 5) is 14.8. The van der Waals surface area contributed by atoms with Crippen LogP contribution in [0.2, 0.25) is 0 Å². The highest BCUT2D eigenvalue weighted by Gasteiger charge is 2.25. The van der Waals surface area contributed by atoms with E-state index in [1.165, 1.54) is 18.5 Å². The van der Waals surface area contributed by atoms with Crippen LogP contribution in [0.3, 0.4) is 0 Å². The molecule has 1 aliphatic carbocycles. The first kappa shape index (κ1) is 23.1. The molecule has 1 saturated heterocycles.